The lowest BCUT2D eigenvalue weighted by molar-refractivity contribution is -0.0679. The lowest BCUT2D eigenvalue weighted by atomic mass is 9.80. The van der Waals surface area contributed by atoms with E-state index in [-0.39, 0.29) is 21.7 Å². The molecule has 1 N–H and O–H groups in total. The van der Waals surface area contributed by atoms with Crippen LogP contribution in [0.2, 0.25) is 10.2 Å². The molecule has 0 aliphatic heterocycles. The van der Waals surface area contributed by atoms with Gasteiger partial charge in [0.2, 0.25) is 0 Å². The third kappa shape index (κ3) is 2.76. The lowest BCUT2D eigenvalue weighted by Crippen LogP contribution is -2.49. The zero-order valence-corrected chi connectivity index (χ0v) is 11.5. The van der Waals surface area contributed by atoms with Crippen molar-refractivity contribution in [3.8, 4) is 0 Å². The van der Waals surface area contributed by atoms with Gasteiger partial charge >= 0.3 is 0 Å². The molecule has 1 aromatic rings. The predicted octanol–water partition coefficient (Wildman–Crippen LogP) is 2.69. The molecule has 18 heavy (non-hydrogen) atoms. The van der Waals surface area contributed by atoms with Crippen molar-refractivity contribution >= 4 is 29.1 Å². The summed E-state index contributed by atoms with van der Waals surface area (Å²) in [6.45, 7) is 0.503. The normalized spacial score (nSPS) is 17.1. The van der Waals surface area contributed by atoms with E-state index in [1.165, 1.54) is 12.3 Å². The van der Waals surface area contributed by atoms with Gasteiger partial charge in [0.1, 0.15) is 5.15 Å². The zero-order valence-electron chi connectivity index (χ0n) is 10.0. The standard InChI is InChI=1S/C12H14Cl2N2O2/c1-18-12(3-2-4-12)7-16-11(17)8-5-9(13)10(14)15-6-8/h5-6H,2-4,7H2,1H3,(H,16,17). The van der Waals surface area contributed by atoms with Crippen molar-refractivity contribution in [2.24, 2.45) is 0 Å². The maximum absolute atomic E-state index is 11.9. The highest BCUT2D eigenvalue weighted by atomic mass is 35.5. The number of amides is 1. The number of nitrogens with zero attached hydrogens (tertiary/aromatic N) is 1. The van der Waals surface area contributed by atoms with Gasteiger partial charge in [0.25, 0.3) is 5.91 Å². The van der Waals surface area contributed by atoms with Crippen LogP contribution in [-0.4, -0.2) is 30.1 Å². The van der Waals surface area contributed by atoms with E-state index in [9.17, 15) is 4.79 Å². The molecule has 1 aliphatic carbocycles. The number of nitrogens with one attached hydrogen (secondary N) is 1. The Kier molecular flexibility index (Phi) is 4.10. The minimum Gasteiger partial charge on any atom is -0.376 e. The number of methoxy groups -OCH3 is 1. The summed E-state index contributed by atoms with van der Waals surface area (Å²) in [6, 6.07) is 1.51. The van der Waals surface area contributed by atoms with E-state index in [1.54, 1.807) is 7.11 Å². The summed E-state index contributed by atoms with van der Waals surface area (Å²) in [5.41, 5.74) is 0.203. The Bertz CT molecular complexity index is 456. The highest BCUT2D eigenvalue weighted by Crippen LogP contribution is 2.34. The summed E-state index contributed by atoms with van der Waals surface area (Å²) < 4.78 is 5.43. The molecular weight excluding hydrogens is 275 g/mol. The predicted molar refractivity (Wildman–Crippen MR) is 70.2 cm³/mol. The molecule has 1 fully saturated rings. The molecule has 0 aromatic carbocycles. The van der Waals surface area contributed by atoms with Gasteiger partial charge in [-0.2, -0.15) is 0 Å². The van der Waals surface area contributed by atoms with Crippen LogP contribution in [0.3, 0.4) is 0 Å². The summed E-state index contributed by atoms with van der Waals surface area (Å²) in [5, 5.41) is 3.30. The summed E-state index contributed by atoms with van der Waals surface area (Å²) in [4.78, 5) is 15.7. The Labute approximate surface area is 116 Å². The van der Waals surface area contributed by atoms with Crippen molar-refractivity contribution in [1.29, 1.82) is 0 Å². The smallest absolute Gasteiger partial charge is 0.253 e. The Balaban J connectivity index is 1.97. The van der Waals surface area contributed by atoms with Gasteiger partial charge in [0.05, 0.1) is 16.2 Å². The summed E-state index contributed by atoms with van der Waals surface area (Å²) in [6.07, 6.45) is 4.49. The van der Waals surface area contributed by atoms with Crippen LogP contribution in [0.15, 0.2) is 12.3 Å². The van der Waals surface area contributed by atoms with Gasteiger partial charge in [-0.3, -0.25) is 4.79 Å². The fourth-order valence-electron chi connectivity index (χ4n) is 1.91. The molecule has 1 saturated carbocycles. The number of hydrogen-bond acceptors (Lipinski definition) is 3. The highest BCUT2D eigenvalue weighted by Gasteiger charge is 2.37. The number of ether oxygens (including phenoxy) is 1. The minimum absolute atomic E-state index is 0.195. The fourth-order valence-corrected chi connectivity index (χ4v) is 2.18. The van der Waals surface area contributed by atoms with Gasteiger partial charge in [-0.1, -0.05) is 23.2 Å². The van der Waals surface area contributed by atoms with Crippen molar-refractivity contribution in [3.63, 3.8) is 0 Å². The number of halogens is 2. The molecule has 0 bridgehead atoms. The Morgan fingerprint density at radius 1 is 1.56 bits per heavy atom. The lowest BCUT2D eigenvalue weighted by Gasteiger charge is -2.40. The quantitative estimate of drug-likeness (QED) is 0.867. The first-order chi connectivity index (χ1) is 8.56. The summed E-state index contributed by atoms with van der Waals surface area (Å²) in [5.74, 6) is -0.218. The van der Waals surface area contributed by atoms with Crippen LogP contribution in [0.4, 0.5) is 0 Å². The Morgan fingerprint density at radius 2 is 2.28 bits per heavy atom. The number of hydrogen-bond donors (Lipinski definition) is 1. The molecule has 2 rings (SSSR count). The second-order valence-corrected chi connectivity index (χ2v) is 5.19. The molecule has 0 unspecified atom stereocenters. The molecule has 98 valence electrons. The van der Waals surface area contributed by atoms with E-state index in [0.29, 0.717) is 12.1 Å². The maximum atomic E-state index is 11.9. The van der Waals surface area contributed by atoms with Gasteiger partial charge in [0.15, 0.2) is 0 Å². The van der Waals surface area contributed by atoms with E-state index in [4.69, 9.17) is 27.9 Å². The monoisotopic (exact) mass is 288 g/mol. The first kappa shape index (κ1) is 13.6. The van der Waals surface area contributed by atoms with E-state index >= 15 is 0 Å². The molecule has 4 nitrogen and oxygen atoms in total. The average molecular weight is 289 g/mol. The van der Waals surface area contributed by atoms with Crippen molar-refractivity contribution < 1.29 is 9.53 Å². The van der Waals surface area contributed by atoms with Crippen molar-refractivity contribution in [2.45, 2.75) is 24.9 Å². The molecule has 1 heterocycles. The summed E-state index contributed by atoms with van der Waals surface area (Å²) >= 11 is 11.5. The largest absolute Gasteiger partial charge is 0.376 e. The zero-order chi connectivity index (χ0) is 13.2. The van der Waals surface area contributed by atoms with Crippen LogP contribution in [0.5, 0.6) is 0 Å². The highest BCUT2D eigenvalue weighted by molar-refractivity contribution is 6.41. The van der Waals surface area contributed by atoms with E-state index in [2.05, 4.69) is 10.3 Å². The molecule has 0 radical (unpaired) electrons. The van der Waals surface area contributed by atoms with Crippen LogP contribution in [0.1, 0.15) is 29.6 Å². The number of pyridine rings is 1. The van der Waals surface area contributed by atoms with Crippen LogP contribution < -0.4 is 5.32 Å². The molecule has 0 spiro atoms. The van der Waals surface area contributed by atoms with E-state index in [0.717, 1.165) is 19.3 Å². The van der Waals surface area contributed by atoms with Gasteiger partial charge < -0.3 is 10.1 Å². The summed E-state index contributed by atoms with van der Waals surface area (Å²) in [7, 11) is 1.67. The van der Waals surface area contributed by atoms with Crippen molar-refractivity contribution in [1.82, 2.24) is 10.3 Å². The third-order valence-electron chi connectivity index (χ3n) is 3.33. The number of carbonyl (C=O) groups is 1. The average Bonchev–Trinajstić information content (AvgIpc) is 2.31. The Hall–Kier alpha value is -0.840. The SMILES string of the molecule is COC1(CNC(=O)c2cnc(Cl)c(Cl)c2)CCC1. The van der Waals surface area contributed by atoms with Gasteiger partial charge in [0, 0.05) is 19.9 Å². The van der Waals surface area contributed by atoms with Crippen LogP contribution in [0, 0.1) is 0 Å². The van der Waals surface area contributed by atoms with Crippen LogP contribution >= 0.6 is 23.2 Å². The van der Waals surface area contributed by atoms with Gasteiger partial charge in [-0.05, 0) is 25.3 Å². The van der Waals surface area contributed by atoms with Gasteiger partial charge in [-0.15, -0.1) is 0 Å². The van der Waals surface area contributed by atoms with Crippen LogP contribution in [-0.2, 0) is 4.74 Å². The Morgan fingerprint density at radius 3 is 2.78 bits per heavy atom. The molecule has 6 heteroatoms. The fraction of sp³-hybridized carbons (Fsp3) is 0.500. The van der Waals surface area contributed by atoms with E-state index in [1.807, 2.05) is 0 Å². The number of carbonyl (C=O) groups excluding carboxylic acids is 1. The molecule has 0 saturated heterocycles. The van der Waals surface area contributed by atoms with Crippen LogP contribution in [0.25, 0.3) is 0 Å². The topological polar surface area (TPSA) is 51.2 Å². The second-order valence-electron chi connectivity index (χ2n) is 4.42. The van der Waals surface area contributed by atoms with Crippen molar-refractivity contribution in [2.75, 3.05) is 13.7 Å². The molecule has 1 amide bonds. The molecule has 1 aliphatic rings. The van der Waals surface area contributed by atoms with Crippen molar-refractivity contribution in [3.05, 3.63) is 28.0 Å². The first-order valence-electron chi connectivity index (χ1n) is 5.71. The molecule has 0 atom stereocenters. The molecular formula is C12H14Cl2N2O2. The van der Waals surface area contributed by atoms with Gasteiger partial charge in [-0.25, -0.2) is 4.98 Å². The number of aromatic nitrogens is 1. The molecule has 1 aromatic heterocycles. The van der Waals surface area contributed by atoms with E-state index < -0.39 is 0 Å². The minimum atomic E-state index is -0.218. The third-order valence-corrected chi connectivity index (χ3v) is 4.01. The maximum Gasteiger partial charge on any atom is 0.253 e. The number of rotatable bonds is 4. The second kappa shape index (κ2) is 5.43. The first-order valence-corrected chi connectivity index (χ1v) is 6.46.